The lowest BCUT2D eigenvalue weighted by Crippen LogP contribution is -1.94. The maximum atomic E-state index is 4.68. The lowest BCUT2D eigenvalue weighted by Gasteiger charge is -2.06. The van der Waals surface area contributed by atoms with Crippen molar-refractivity contribution in [1.82, 2.24) is 9.97 Å². The Bertz CT molecular complexity index is 739. The lowest BCUT2D eigenvalue weighted by molar-refractivity contribution is 1.11. The maximum absolute atomic E-state index is 4.68. The number of rotatable bonds is 2. The zero-order valence-electron chi connectivity index (χ0n) is 11.0. The summed E-state index contributed by atoms with van der Waals surface area (Å²) in [4.78, 5) is 9.21. The quantitative estimate of drug-likeness (QED) is 0.671. The molecule has 2 aromatic carbocycles. The molecular weight excluding hydrogens is 312 g/mol. The monoisotopic (exact) mass is 324 g/mol. The third-order valence-electron chi connectivity index (χ3n) is 3.01. The van der Waals surface area contributed by atoms with Crippen molar-refractivity contribution in [2.75, 3.05) is 0 Å². The van der Waals surface area contributed by atoms with Crippen LogP contribution in [0.25, 0.3) is 22.6 Å². The second-order valence-corrected chi connectivity index (χ2v) is 5.51. The molecule has 0 atom stereocenters. The van der Waals surface area contributed by atoms with E-state index in [0.717, 1.165) is 32.8 Å². The molecule has 0 aliphatic heterocycles. The van der Waals surface area contributed by atoms with E-state index in [4.69, 9.17) is 0 Å². The average Bonchev–Trinajstić information content (AvgIpc) is 2.47. The molecular formula is C17H13BrN2. The lowest BCUT2D eigenvalue weighted by atomic mass is 10.1. The van der Waals surface area contributed by atoms with Gasteiger partial charge in [-0.2, -0.15) is 0 Å². The van der Waals surface area contributed by atoms with Crippen molar-refractivity contribution in [2.45, 2.75) is 6.92 Å². The molecule has 0 radical (unpaired) electrons. The summed E-state index contributed by atoms with van der Waals surface area (Å²) >= 11 is 3.50. The smallest absolute Gasteiger partial charge is 0.160 e. The van der Waals surface area contributed by atoms with Gasteiger partial charge in [-0.1, -0.05) is 58.4 Å². The van der Waals surface area contributed by atoms with Crippen LogP contribution in [0.1, 0.15) is 5.69 Å². The van der Waals surface area contributed by atoms with E-state index < -0.39 is 0 Å². The Morgan fingerprint density at radius 1 is 0.800 bits per heavy atom. The molecule has 1 heterocycles. The number of halogens is 1. The third-order valence-corrected chi connectivity index (χ3v) is 3.50. The van der Waals surface area contributed by atoms with E-state index in [1.54, 1.807) is 0 Å². The van der Waals surface area contributed by atoms with Gasteiger partial charge in [0.05, 0.1) is 5.69 Å². The van der Waals surface area contributed by atoms with Gasteiger partial charge in [-0.15, -0.1) is 0 Å². The largest absolute Gasteiger partial charge is 0.233 e. The second kappa shape index (κ2) is 5.55. The molecule has 0 bridgehead atoms. The highest BCUT2D eigenvalue weighted by Gasteiger charge is 2.06. The summed E-state index contributed by atoms with van der Waals surface area (Å²) in [7, 11) is 0. The van der Waals surface area contributed by atoms with E-state index in [9.17, 15) is 0 Å². The summed E-state index contributed by atoms with van der Waals surface area (Å²) in [6.45, 7) is 2.00. The van der Waals surface area contributed by atoms with E-state index in [1.807, 2.05) is 55.5 Å². The van der Waals surface area contributed by atoms with Crippen molar-refractivity contribution in [1.29, 1.82) is 0 Å². The Morgan fingerprint density at radius 3 is 2.30 bits per heavy atom. The summed E-state index contributed by atoms with van der Waals surface area (Å²) in [5.41, 5.74) is 4.03. The molecule has 0 spiro atoms. The molecule has 1 aromatic heterocycles. The van der Waals surface area contributed by atoms with Gasteiger partial charge in [0, 0.05) is 21.3 Å². The number of aromatic nitrogens is 2. The minimum Gasteiger partial charge on any atom is -0.233 e. The van der Waals surface area contributed by atoms with Crippen molar-refractivity contribution in [3.05, 3.63) is 70.8 Å². The number of hydrogen-bond donors (Lipinski definition) is 0. The molecule has 0 aliphatic rings. The van der Waals surface area contributed by atoms with Crippen LogP contribution in [0, 0.1) is 6.92 Å². The molecule has 0 fully saturated rings. The van der Waals surface area contributed by atoms with Gasteiger partial charge in [0.15, 0.2) is 5.82 Å². The Kier molecular flexibility index (Phi) is 3.61. The second-order valence-electron chi connectivity index (χ2n) is 4.59. The highest BCUT2D eigenvalue weighted by Crippen LogP contribution is 2.24. The van der Waals surface area contributed by atoms with Crippen LogP contribution in [-0.2, 0) is 0 Å². The van der Waals surface area contributed by atoms with Crippen LogP contribution in [0.5, 0.6) is 0 Å². The van der Waals surface area contributed by atoms with E-state index in [2.05, 4.69) is 38.0 Å². The molecule has 2 nitrogen and oxygen atoms in total. The Morgan fingerprint density at radius 2 is 1.55 bits per heavy atom. The predicted octanol–water partition coefficient (Wildman–Crippen LogP) is 4.88. The highest BCUT2D eigenvalue weighted by atomic mass is 79.9. The van der Waals surface area contributed by atoms with Crippen molar-refractivity contribution < 1.29 is 0 Å². The number of aryl methyl sites for hydroxylation is 1. The van der Waals surface area contributed by atoms with Crippen LogP contribution < -0.4 is 0 Å². The van der Waals surface area contributed by atoms with Gasteiger partial charge in [-0.25, -0.2) is 9.97 Å². The molecule has 3 rings (SSSR count). The van der Waals surface area contributed by atoms with Crippen LogP contribution in [0.3, 0.4) is 0 Å². The Labute approximate surface area is 126 Å². The zero-order valence-corrected chi connectivity index (χ0v) is 12.6. The topological polar surface area (TPSA) is 25.8 Å². The van der Waals surface area contributed by atoms with Gasteiger partial charge in [0.1, 0.15) is 0 Å². The molecule has 98 valence electrons. The summed E-state index contributed by atoms with van der Waals surface area (Å²) in [5, 5.41) is 0. The van der Waals surface area contributed by atoms with Gasteiger partial charge < -0.3 is 0 Å². The molecule has 0 N–H and O–H groups in total. The number of benzene rings is 2. The number of nitrogens with zero attached hydrogens (tertiary/aromatic N) is 2. The van der Waals surface area contributed by atoms with Crippen LogP contribution >= 0.6 is 15.9 Å². The van der Waals surface area contributed by atoms with Gasteiger partial charge in [-0.3, -0.25) is 0 Å². The first-order chi connectivity index (χ1) is 9.72. The maximum Gasteiger partial charge on any atom is 0.160 e. The fraction of sp³-hybridized carbons (Fsp3) is 0.0588. The standard InChI is InChI=1S/C17H13BrN2/c1-12-10-16(14-8-5-9-15(18)11-14)20-17(19-12)13-6-3-2-4-7-13/h2-11H,1H3. The minimum absolute atomic E-state index is 0.764. The van der Waals surface area contributed by atoms with Crippen molar-refractivity contribution in [3.63, 3.8) is 0 Å². The first kappa shape index (κ1) is 13.0. The summed E-state index contributed by atoms with van der Waals surface area (Å²) in [6.07, 6.45) is 0. The van der Waals surface area contributed by atoms with Gasteiger partial charge in [0.25, 0.3) is 0 Å². The van der Waals surface area contributed by atoms with Crippen molar-refractivity contribution in [3.8, 4) is 22.6 Å². The van der Waals surface area contributed by atoms with Crippen LogP contribution in [0.15, 0.2) is 65.1 Å². The first-order valence-electron chi connectivity index (χ1n) is 6.39. The molecule has 20 heavy (non-hydrogen) atoms. The van der Waals surface area contributed by atoms with Gasteiger partial charge in [0.2, 0.25) is 0 Å². The van der Waals surface area contributed by atoms with Crippen molar-refractivity contribution in [2.24, 2.45) is 0 Å². The molecule has 0 amide bonds. The SMILES string of the molecule is Cc1cc(-c2cccc(Br)c2)nc(-c2ccccc2)n1. The summed E-state index contributed by atoms with van der Waals surface area (Å²) in [6, 6.07) is 20.2. The van der Waals surface area contributed by atoms with E-state index in [1.165, 1.54) is 0 Å². The van der Waals surface area contributed by atoms with E-state index in [0.29, 0.717) is 0 Å². The molecule has 0 aliphatic carbocycles. The third kappa shape index (κ3) is 2.78. The minimum atomic E-state index is 0.764. The average molecular weight is 325 g/mol. The van der Waals surface area contributed by atoms with Crippen molar-refractivity contribution >= 4 is 15.9 Å². The first-order valence-corrected chi connectivity index (χ1v) is 7.19. The molecule has 0 unspecified atom stereocenters. The summed E-state index contributed by atoms with van der Waals surface area (Å²) < 4.78 is 1.05. The van der Waals surface area contributed by atoms with Gasteiger partial charge in [-0.05, 0) is 25.1 Å². The Balaban J connectivity index is 2.12. The molecule has 3 heteroatoms. The zero-order chi connectivity index (χ0) is 13.9. The van der Waals surface area contributed by atoms with Gasteiger partial charge >= 0.3 is 0 Å². The molecule has 0 saturated heterocycles. The summed E-state index contributed by atoms with van der Waals surface area (Å²) in [5.74, 6) is 0.764. The normalized spacial score (nSPS) is 10.5. The fourth-order valence-electron chi connectivity index (χ4n) is 2.08. The van der Waals surface area contributed by atoms with Crippen LogP contribution in [0.4, 0.5) is 0 Å². The molecule has 3 aromatic rings. The predicted molar refractivity (Wildman–Crippen MR) is 85.3 cm³/mol. The highest BCUT2D eigenvalue weighted by molar-refractivity contribution is 9.10. The van der Waals surface area contributed by atoms with Crippen LogP contribution in [-0.4, -0.2) is 9.97 Å². The van der Waals surface area contributed by atoms with E-state index >= 15 is 0 Å². The fourth-order valence-corrected chi connectivity index (χ4v) is 2.48. The molecule has 0 saturated carbocycles. The van der Waals surface area contributed by atoms with Crippen LogP contribution in [0.2, 0.25) is 0 Å². The van der Waals surface area contributed by atoms with E-state index in [-0.39, 0.29) is 0 Å². The number of hydrogen-bond acceptors (Lipinski definition) is 2. The Hall–Kier alpha value is -2.00.